The molecule has 6 nitrogen and oxygen atoms in total. The van der Waals surface area contributed by atoms with Gasteiger partial charge in [-0.15, -0.1) is 22.7 Å². The van der Waals surface area contributed by atoms with Crippen LogP contribution in [0.15, 0.2) is 23.8 Å². The monoisotopic (exact) mass is 350 g/mol. The van der Waals surface area contributed by atoms with Crippen LogP contribution in [-0.4, -0.2) is 14.9 Å². The van der Waals surface area contributed by atoms with Crippen molar-refractivity contribution in [1.29, 1.82) is 0 Å². The van der Waals surface area contributed by atoms with Crippen molar-refractivity contribution >= 4 is 45.9 Å². The van der Waals surface area contributed by atoms with E-state index in [0.29, 0.717) is 27.3 Å². The Balaban J connectivity index is 2.25. The number of hydrogen-bond donors (Lipinski definition) is 1. The summed E-state index contributed by atoms with van der Waals surface area (Å²) in [5, 5.41) is 10.9. The molecule has 2 aromatic rings. The third-order valence-electron chi connectivity index (χ3n) is 2.38. The topological polar surface area (TPSA) is 94.9 Å². The lowest BCUT2D eigenvalue weighted by Crippen LogP contribution is -2.14. The number of rotatable bonds is 5. The number of thiazole rings is 2. The van der Waals surface area contributed by atoms with E-state index in [0.717, 1.165) is 9.75 Å². The third-order valence-corrected chi connectivity index (χ3v) is 4.61. The summed E-state index contributed by atoms with van der Waals surface area (Å²) < 4.78 is 0.778. The van der Waals surface area contributed by atoms with Gasteiger partial charge in [-0.05, 0) is 4.92 Å². The first kappa shape index (κ1) is 15.2. The Bertz CT molecular complexity index is 624. The summed E-state index contributed by atoms with van der Waals surface area (Å²) in [5.74, 6) is -0.362. The van der Waals surface area contributed by atoms with Gasteiger partial charge in [0.25, 0.3) is 0 Å². The molecule has 0 aliphatic heterocycles. The zero-order valence-electron chi connectivity index (χ0n) is 9.88. The van der Waals surface area contributed by atoms with Gasteiger partial charge in [-0.3, -0.25) is 5.73 Å². The van der Waals surface area contributed by atoms with Gasteiger partial charge in [0.1, 0.15) is 0 Å². The van der Waals surface area contributed by atoms with Crippen LogP contribution in [0.5, 0.6) is 0 Å². The van der Waals surface area contributed by atoms with Gasteiger partial charge < -0.3 is 10.1 Å². The minimum Gasteiger partial charge on any atom is -0.358 e. The average molecular weight is 351 g/mol. The van der Waals surface area contributed by atoms with Crippen molar-refractivity contribution in [2.45, 2.75) is 12.8 Å². The van der Waals surface area contributed by atoms with Crippen LogP contribution in [-0.2, 0) is 12.8 Å². The maximum atomic E-state index is 10.9. The van der Waals surface area contributed by atoms with Crippen LogP contribution in [0.2, 0.25) is 8.93 Å². The smallest absolute Gasteiger partial charge is 0.313 e. The molecular formula is C10H8Cl2N4O2S2. The highest BCUT2D eigenvalue weighted by atomic mass is 35.5. The average Bonchev–Trinajstić information content (AvgIpc) is 2.97. The number of halogens is 2. The van der Waals surface area contributed by atoms with Crippen molar-refractivity contribution in [3.8, 4) is 0 Å². The molecule has 0 atom stereocenters. The number of nitrogens with two attached hydrogens (primary N) is 1. The number of hydrogen-bond acceptors (Lipinski definition) is 7. The van der Waals surface area contributed by atoms with Gasteiger partial charge in [0, 0.05) is 40.6 Å². The maximum Gasteiger partial charge on any atom is 0.313 e. The molecule has 0 bridgehead atoms. The molecule has 0 amide bonds. The summed E-state index contributed by atoms with van der Waals surface area (Å²) in [4.78, 5) is 19.7. The lowest BCUT2D eigenvalue weighted by Gasteiger charge is -2.05. The van der Waals surface area contributed by atoms with Crippen molar-refractivity contribution in [3.05, 3.63) is 52.6 Å². The molecule has 0 saturated carbocycles. The summed E-state index contributed by atoms with van der Waals surface area (Å²) in [7, 11) is 0. The highest BCUT2D eigenvalue weighted by Crippen LogP contribution is 2.26. The summed E-state index contributed by atoms with van der Waals surface area (Å²) in [6, 6.07) is 0. The summed E-state index contributed by atoms with van der Waals surface area (Å²) >= 11 is 14.0. The normalized spacial score (nSPS) is 10.5. The van der Waals surface area contributed by atoms with Gasteiger partial charge in [-0.1, -0.05) is 23.2 Å². The molecule has 0 aromatic carbocycles. The summed E-state index contributed by atoms with van der Waals surface area (Å²) in [6.07, 6.45) is 3.82. The van der Waals surface area contributed by atoms with E-state index in [1.54, 1.807) is 12.4 Å². The summed E-state index contributed by atoms with van der Waals surface area (Å²) in [5.41, 5.74) is 6.04. The standard InChI is InChI=1S/C10H8Cl2N4O2S2/c11-9-14-3-6(19-9)1-5(8(13)16(17)18)2-7-4-15-10(12)20-7/h3-4H,1-2,13H2. The zero-order valence-corrected chi connectivity index (χ0v) is 13.0. The Labute approximate surface area is 132 Å². The fourth-order valence-electron chi connectivity index (χ4n) is 1.52. The second-order valence-electron chi connectivity index (χ2n) is 3.76. The highest BCUT2D eigenvalue weighted by Gasteiger charge is 2.16. The number of nitrogens with zero attached hydrogens (tertiary/aromatic N) is 3. The predicted molar refractivity (Wildman–Crippen MR) is 79.9 cm³/mol. The Kier molecular flexibility index (Phi) is 4.92. The molecule has 0 unspecified atom stereocenters. The van der Waals surface area contributed by atoms with Gasteiger partial charge in [-0.2, -0.15) is 0 Å². The number of aromatic nitrogens is 2. The van der Waals surface area contributed by atoms with Gasteiger partial charge in [0.2, 0.25) is 0 Å². The van der Waals surface area contributed by atoms with E-state index in [-0.39, 0.29) is 5.82 Å². The Morgan fingerprint density at radius 1 is 1.20 bits per heavy atom. The van der Waals surface area contributed by atoms with Crippen molar-refractivity contribution in [3.63, 3.8) is 0 Å². The molecular weight excluding hydrogens is 343 g/mol. The SMILES string of the molecule is NC(=C(Cc1cnc(Cl)s1)Cc1cnc(Cl)s1)[N+](=O)[O-]. The molecule has 2 N–H and O–H groups in total. The molecule has 0 fully saturated rings. The van der Waals surface area contributed by atoms with Crippen LogP contribution in [0.3, 0.4) is 0 Å². The van der Waals surface area contributed by atoms with Gasteiger partial charge >= 0.3 is 5.82 Å². The second-order valence-corrected chi connectivity index (χ2v) is 7.15. The molecule has 0 radical (unpaired) electrons. The quantitative estimate of drug-likeness (QED) is 0.660. The predicted octanol–water partition coefficient (Wildman–Crippen LogP) is 3.14. The van der Waals surface area contributed by atoms with Crippen LogP contribution in [0.25, 0.3) is 0 Å². The van der Waals surface area contributed by atoms with E-state index in [1.165, 1.54) is 22.7 Å². The molecule has 2 aromatic heterocycles. The number of allylic oxidation sites excluding steroid dienone is 1. The molecule has 10 heteroatoms. The number of nitro groups is 1. The first-order chi connectivity index (χ1) is 9.45. The van der Waals surface area contributed by atoms with Crippen molar-refractivity contribution in [2.75, 3.05) is 0 Å². The van der Waals surface area contributed by atoms with E-state index in [9.17, 15) is 10.1 Å². The van der Waals surface area contributed by atoms with E-state index in [2.05, 4.69) is 9.97 Å². The summed E-state index contributed by atoms with van der Waals surface area (Å²) in [6.45, 7) is 0. The molecule has 0 spiro atoms. The highest BCUT2D eigenvalue weighted by molar-refractivity contribution is 7.16. The fraction of sp³-hybridized carbons (Fsp3) is 0.200. The van der Waals surface area contributed by atoms with Gasteiger partial charge in [0.15, 0.2) is 8.93 Å². The molecule has 0 saturated heterocycles. The van der Waals surface area contributed by atoms with Crippen molar-refractivity contribution < 1.29 is 4.92 Å². The van der Waals surface area contributed by atoms with Crippen LogP contribution < -0.4 is 5.73 Å². The molecule has 0 aliphatic rings. The van der Waals surface area contributed by atoms with Crippen LogP contribution in [0.4, 0.5) is 0 Å². The van der Waals surface area contributed by atoms with Crippen LogP contribution in [0.1, 0.15) is 9.75 Å². The Hall–Kier alpha value is -1.22. The van der Waals surface area contributed by atoms with E-state index in [1.807, 2.05) is 0 Å². The van der Waals surface area contributed by atoms with E-state index >= 15 is 0 Å². The minimum atomic E-state index is -0.597. The van der Waals surface area contributed by atoms with Gasteiger partial charge in [-0.25, -0.2) is 9.97 Å². The Morgan fingerprint density at radius 3 is 1.95 bits per heavy atom. The second kappa shape index (κ2) is 6.49. The van der Waals surface area contributed by atoms with Crippen LogP contribution >= 0.6 is 45.9 Å². The fourth-order valence-corrected chi connectivity index (χ4v) is 3.56. The third kappa shape index (κ3) is 3.89. The molecule has 106 valence electrons. The van der Waals surface area contributed by atoms with Crippen molar-refractivity contribution in [2.24, 2.45) is 5.73 Å². The van der Waals surface area contributed by atoms with Crippen LogP contribution in [0, 0.1) is 10.1 Å². The largest absolute Gasteiger partial charge is 0.358 e. The maximum absolute atomic E-state index is 10.9. The molecule has 0 aliphatic carbocycles. The molecule has 2 rings (SSSR count). The van der Waals surface area contributed by atoms with Gasteiger partial charge in [0.05, 0.1) is 0 Å². The Morgan fingerprint density at radius 2 is 1.65 bits per heavy atom. The molecule has 20 heavy (non-hydrogen) atoms. The lowest BCUT2D eigenvalue weighted by molar-refractivity contribution is -0.427. The first-order valence-corrected chi connectivity index (χ1v) is 7.67. The van der Waals surface area contributed by atoms with E-state index in [4.69, 9.17) is 28.9 Å². The lowest BCUT2D eigenvalue weighted by atomic mass is 10.1. The first-order valence-electron chi connectivity index (χ1n) is 5.28. The van der Waals surface area contributed by atoms with Crippen molar-refractivity contribution in [1.82, 2.24) is 9.97 Å². The zero-order chi connectivity index (χ0) is 14.7. The van der Waals surface area contributed by atoms with E-state index < -0.39 is 4.92 Å². The minimum absolute atomic E-state index is 0.326. The molecule has 2 heterocycles.